The highest BCUT2D eigenvalue weighted by molar-refractivity contribution is 5.89. The Hall–Kier alpha value is -3.35. The highest BCUT2D eigenvalue weighted by Crippen LogP contribution is 2.44. The monoisotopic (exact) mass is 452 g/mol. The predicted octanol–water partition coefficient (Wildman–Crippen LogP) is 4.17. The number of fused-ring (bicyclic) bond motifs is 3. The number of rotatable bonds is 9. The molecule has 1 aliphatic carbocycles. The van der Waals surface area contributed by atoms with Gasteiger partial charge in [0.05, 0.1) is 0 Å². The average molecular weight is 453 g/mol. The molecule has 7 heteroatoms. The molecule has 2 aromatic rings. The molecule has 3 rings (SSSR count). The van der Waals surface area contributed by atoms with Gasteiger partial charge in [0.25, 0.3) is 0 Å². The normalized spacial score (nSPS) is 15.2. The summed E-state index contributed by atoms with van der Waals surface area (Å²) in [5.74, 6) is -2.21. The van der Waals surface area contributed by atoms with E-state index in [-0.39, 0.29) is 24.4 Å². The van der Waals surface area contributed by atoms with Gasteiger partial charge in [-0.2, -0.15) is 0 Å². The molecule has 0 spiro atoms. The number of hydrogen-bond donors (Lipinski definition) is 3. The molecule has 2 aromatic carbocycles. The Bertz CT molecular complexity index is 974. The van der Waals surface area contributed by atoms with E-state index in [4.69, 9.17) is 4.74 Å². The van der Waals surface area contributed by atoms with E-state index in [1.54, 1.807) is 20.8 Å². The first-order valence-corrected chi connectivity index (χ1v) is 11.4. The van der Waals surface area contributed by atoms with Gasteiger partial charge in [0.2, 0.25) is 5.91 Å². The van der Waals surface area contributed by atoms with Crippen LogP contribution in [0.5, 0.6) is 0 Å². The molecule has 0 aliphatic heterocycles. The summed E-state index contributed by atoms with van der Waals surface area (Å²) in [6, 6.07) is 14.2. The van der Waals surface area contributed by atoms with E-state index >= 15 is 0 Å². The van der Waals surface area contributed by atoms with E-state index in [0.29, 0.717) is 6.42 Å². The molecular weight excluding hydrogens is 420 g/mol. The van der Waals surface area contributed by atoms with E-state index in [1.807, 2.05) is 43.3 Å². The zero-order valence-electron chi connectivity index (χ0n) is 19.5. The minimum absolute atomic E-state index is 0.0868. The summed E-state index contributed by atoms with van der Waals surface area (Å²) >= 11 is 0. The summed E-state index contributed by atoms with van der Waals surface area (Å²) in [5.41, 5.74) is 4.46. The molecule has 0 aromatic heterocycles. The number of hydrogen-bond acceptors (Lipinski definition) is 4. The largest absolute Gasteiger partial charge is 0.480 e. The summed E-state index contributed by atoms with van der Waals surface area (Å²) in [5, 5.41) is 14.7. The number of carbonyl (C=O) groups excluding carboxylic acids is 2. The minimum atomic E-state index is -1.10. The van der Waals surface area contributed by atoms with Crippen molar-refractivity contribution in [3.8, 4) is 11.1 Å². The Morgan fingerprint density at radius 1 is 0.909 bits per heavy atom. The number of amides is 2. The van der Waals surface area contributed by atoms with Gasteiger partial charge in [0, 0.05) is 5.92 Å². The van der Waals surface area contributed by atoms with Gasteiger partial charge < -0.3 is 20.5 Å². The Morgan fingerprint density at radius 2 is 1.45 bits per heavy atom. The van der Waals surface area contributed by atoms with Crippen molar-refractivity contribution < 1.29 is 24.2 Å². The van der Waals surface area contributed by atoms with Crippen LogP contribution in [0.2, 0.25) is 0 Å². The van der Waals surface area contributed by atoms with Gasteiger partial charge in [-0.05, 0) is 34.1 Å². The number of nitrogens with one attached hydrogen (secondary N) is 2. The van der Waals surface area contributed by atoms with Crippen molar-refractivity contribution in [2.24, 2.45) is 11.8 Å². The molecule has 0 fully saturated rings. The van der Waals surface area contributed by atoms with Gasteiger partial charge in [-0.25, -0.2) is 9.59 Å². The molecule has 3 atom stereocenters. The number of benzene rings is 2. The molecule has 3 N–H and O–H groups in total. The lowest BCUT2D eigenvalue weighted by Gasteiger charge is -2.26. The molecule has 0 heterocycles. The van der Waals surface area contributed by atoms with Gasteiger partial charge in [0.1, 0.15) is 18.7 Å². The maximum absolute atomic E-state index is 12.8. The average Bonchev–Trinajstić information content (AvgIpc) is 3.12. The van der Waals surface area contributed by atoms with E-state index in [9.17, 15) is 19.5 Å². The Morgan fingerprint density at radius 3 is 1.94 bits per heavy atom. The van der Waals surface area contributed by atoms with Crippen LogP contribution in [-0.2, 0) is 14.3 Å². The smallest absolute Gasteiger partial charge is 0.407 e. The number of ether oxygens (including phenoxy) is 1. The zero-order chi connectivity index (χ0) is 24.1. The summed E-state index contributed by atoms with van der Waals surface area (Å²) < 4.78 is 5.55. The van der Waals surface area contributed by atoms with Crippen molar-refractivity contribution in [1.82, 2.24) is 10.6 Å². The highest BCUT2D eigenvalue weighted by atomic mass is 16.5. The quantitative estimate of drug-likeness (QED) is 0.530. The lowest BCUT2D eigenvalue weighted by atomic mass is 9.97. The zero-order valence-corrected chi connectivity index (χ0v) is 19.5. The van der Waals surface area contributed by atoms with Crippen LogP contribution in [0.25, 0.3) is 11.1 Å². The van der Waals surface area contributed by atoms with Crippen LogP contribution >= 0.6 is 0 Å². The maximum atomic E-state index is 12.8. The molecule has 2 unspecified atom stereocenters. The number of alkyl carbamates (subject to hydrolysis) is 1. The second-order valence-corrected chi connectivity index (χ2v) is 8.90. The molecule has 0 radical (unpaired) electrons. The van der Waals surface area contributed by atoms with E-state index < -0.39 is 30.1 Å². The summed E-state index contributed by atoms with van der Waals surface area (Å²) in [6.07, 6.45) is -0.107. The van der Waals surface area contributed by atoms with Crippen molar-refractivity contribution >= 4 is 18.0 Å². The number of carboxylic acids is 1. The molecule has 0 saturated carbocycles. The molecule has 7 nitrogen and oxygen atoms in total. The topological polar surface area (TPSA) is 105 Å². The summed E-state index contributed by atoms with van der Waals surface area (Å²) in [7, 11) is 0. The van der Waals surface area contributed by atoms with Gasteiger partial charge in [-0.1, -0.05) is 82.6 Å². The second kappa shape index (κ2) is 10.5. The Balaban J connectivity index is 1.66. The van der Waals surface area contributed by atoms with Crippen LogP contribution in [0.1, 0.15) is 51.2 Å². The van der Waals surface area contributed by atoms with Crippen LogP contribution in [0, 0.1) is 11.8 Å². The van der Waals surface area contributed by atoms with E-state index in [0.717, 1.165) is 22.3 Å². The van der Waals surface area contributed by atoms with Crippen LogP contribution in [0.3, 0.4) is 0 Å². The molecule has 0 saturated heterocycles. The molecule has 0 bridgehead atoms. The second-order valence-electron chi connectivity index (χ2n) is 8.90. The van der Waals surface area contributed by atoms with Gasteiger partial charge in [0.15, 0.2) is 0 Å². The van der Waals surface area contributed by atoms with Crippen molar-refractivity contribution in [3.05, 3.63) is 59.7 Å². The summed E-state index contributed by atoms with van der Waals surface area (Å²) in [6.45, 7) is 7.33. The van der Waals surface area contributed by atoms with Gasteiger partial charge in [-0.3, -0.25) is 4.79 Å². The Kier molecular flexibility index (Phi) is 7.74. The fraction of sp³-hybridized carbons (Fsp3) is 0.423. The highest BCUT2D eigenvalue weighted by Gasteiger charge is 2.32. The van der Waals surface area contributed by atoms with Crippen molar-refractivity contribution in [3.63, 3.8) is 0 Å². The fourth-order valence-electron chi connectivity index (χ4n) is 4.23. The first-order valence-electron chi connectivity index (χ1n) is 11.4. The molecule has 2 amide bonds. The van der Waals surface area contributed by atoms with Crippen molar-refractivity contribution in [2.75, 3.05) is 6.61 Å². The SMILES string of the molecule is CCC(C)C(NC(=O)[C@@H](NC(=O)OCC1c2ccccc2-c2ccccc21)C(C)C)C(=O)O. The third-order valence-electron chi connectivity index (χ3n) is 6.34. The number of carbonyl (C=O) groups is 3. The lowest BCUT2D eigenvalue weighted by molar-refractivity contribution is -0.143. The van der Waals surface area contributed by atoms with E-state index in [1.165, 1.54) is 0 Å². The van der Waals surface area contributed by atoms with Gasteiger partial charge in [-0.15, -0.1) is 0 Å². The Labute approximate surface area is 194 Å². The number of aliphatic carboxylic acids is 1. The van der Waals surface area contributed by atoms with E-state index in [2.05, 4.69) is 22.8 Å². The maximum Gasteiger partial charge on any atom is 0.407 e. The van der Waals surface area contributed by atoms with Crippen LogP contribution in [0.4, 0.5) is 4.79 Å². The van der Waals surface area contributed by atoms with Crippen LogP contribution < -0.4 is 10.6 Å². The predicted molar refractivity (Wildman–Crippen MR) is 126 cm³/mol. The molecule has 33 heavy (non-hydrogen) atoms. The lowest BCUT2D eigenvalue weighted by Crippen LogP contribution is -2.55. The van der Waals surface area contributed by atoms with Crippen LogP contribution in [-0.4, -0.2) is 41.8 Å². The van der Waals surface area contributed by atoms with Crippen molar-refractivity contribution in [1.29, 1.82) is 0 Å². The third kappa shape index (κ3) is 5.35. The molecular formula is C26H32N2O5. The first kappa shape index (κ1) is 24.3. The van der Waals surface area contributed by atoms with Crippen LogP contribution in [0.15, 0.2) is 48.5 Å². The minimum Gasteiger partial charge on any atom is -0.480 e. The standard InChI is InChI=1S/C26H32N2O5/c1-5-16(4)23(25(30)31)27-24(29)22(15(2)3)28-26(32)33-14-21-19-12-8-6-10-17(19)18-11-7-9-13-20(18)21/h6-13,15-16,21-23H,5,14H2,1-4H3,(H,27,29)(H,28,32)(H,30,31)/t16?,22-,23?/m0/s1. The number of carboxylic acid groups (broad SMARTS) is 1. The molecule has 176 valence electrons. The summed E-state index contributed by atoms with van der Waals surface area (Å²) in [4.78, 5) is 37.0. The third-order valence-corrected chi connectivity index (χ3v) is 6.34. The molecule has 1 aliphatic rings. The van der Waals surface area contributed by atoms with Crippen molar-refractivity contribution in [2.45, 2.75) is 52.1 Å². The fourth-order valence-corrected chi connectivity index (χ4v) is 4.23. The van der Waals surface area contributed by atoms with Gasteiger partial charge >= 0.3 is 12.1 Å². The first-order chi connectivity index (χ1) is 15.7.